The largest absolute Gasteiger partial charge is 0.367 e. The van der Waals surface area contributed by atoms with Gasteiger partial charge in [0.15, 0.2) is 5.65 Å². The van der Waals surface area contributed by atoms with E-state index in [0.717, 1.165) is 51.6 Å². The number of aromatic nitrogens is 5. The average molecular weight is 338 g/mol. The minimum Gasteiger partial charge on any atom is -0.367 e. The number of nitrogens with one attached hydrogen (secondary N) is 1. The van der Waals surface area contributed by atoms with Crippen LogP contribution in [-0.4, -0.2) is 74.3 Å². The highest BCUT2D eigenvalue weighted by molar-refractivity contribution is 5.41. The minimum atomic E-state index is 0.653. The monoisotopic (exact) mass is 338 g/mol. The first kappa shape index (κ1) is 15.9. The Bertz CT molecular complexity index is 795. The van der Waals surface area contributed by atoms with Crippen LogP contribution in [0.5, 0.6) is 0 Å². The SMILES string of the molecule is c1ccc(CN2CCN(CCNc3ccc4nnnn4n3)CC2)cc1. The summed E-state index contributed by atoms with van der Waals surface area (Å²) in [5.74, 6) is 0.794. The van der Waals surface area contributed by atoms with E-state index in [4.69, 9.17) is 0 Å². The van der Waals surface area contributed by atoms with Crippen LogP contribution in [0.3, 0.4) is 0 Å². The molecule has 4 rings (SSSR count). The third kappa shape index (κ3) is 4.09. The van der Waals surface area contributed by atoms with Gasteiger partial charge in [0.05, 0.1) is 0 Å². The van der Waals surface area contributed by atoms with Gasteiger partial charge in [0, 0.05) is 45.8 Å². The van der Waals surface area contributed by atoms with E-state index >= 15 is 0 Å². The fourth-order valence-electron chi connectivity index (χ4n) is 3.10. The van der Waals surface area contributed by atoms with Crippen LogP contribution in [0.25, 0.3) is 5.65 Å². The molecule has 1 aliphatic rings. The number of hydrogen-bond acceptors (Lipinski definition) is 7. The third-order valence-electron chi connectivity index (χ3n) is 4.52. The summed E-state index contributed by atoms with van der Waals surface area (Å²) in [6, 6.07) is 14.5. The Labute approximate surface area is 146 Å². The first-order valence-corrected chi connectivity index (χ1v) is 8.65. The smallest absolute Gasteiger partial charge is 0.200 e. The molecule has 130 valence electrons. The first-order valence-electron chi connectivity index (χ1n) is 8.65. The highest BCUT2D eigenvalue weighted by Crippen LogP contribution is 2.08. The molecular formula is C17H22N8. The van der Waals surface area contributed by atoms with Crippen molar-refractivity contribution < 1.29 is 0 Å². The maximum atomic E-state index is 4.32. The summed E-state index contributed by atoms with van der Waals surface area (Å²) >= 11 is 0. The molecule has 1 aliphatic heterocycles. The van der Waals surface area contributed by atoms with Crippen molar-refractivity contribution in [3.05, 3.63) is 48.0 Å². The molecule has 2 aromatic heterocycles. The second-order valence-electron chi connectivity index (χ2n) is 6.28. The Morgan fingerprint density at radius 1 is 0.920 bits per heavy atom. The summed E-state index contributed by atoms with van der Waals surface area (Å²) < 4.78 is 1.44. The van der Waals surface area contributed by atoms with Crippen molar-refractivity contribution >= 4 is 11.5 Å². The van der Waals surface area contributed by atoms with Gasteiger partial charge in [-0.3, -0.25) is 9.80 Å². The van der Waals surface area contributed by atoms with Crippen LogP contribution >= 0.6 is 0 Å². The van der Waals surface area contributed by atoms with Gasteiger partial charge in [-0.15, -0.1) is 14.8 Å². The molecule has 0 bridgehead atoms. The van der Waals surface area contributed by atoms with E-state index in [1.165, 1.54) is 10.2 Å². The molecule has 0 atom stereocenters. The maximum absolute atomic E-state index is 4.32. The quantitative estimate of drug-likeness (QED) is 0.711. The second-order valence-corrected chi connectivity index (χ2v) is 6.28. The predicted molar refractivity (Wildman–Crippen MR) is 95.2 cm³/mol. The molecule has 1 fully saturated rings. The van der Waals surface area contributed by atoms with Gasteiger partial charge in [-0.2, -0.15) is 0 Å². The molecule has 1 N–H and O–H groups in total. The molecule has 1 saturated heterocycles. The standard InChI is InChI=1S/C17H22N8/c1-2-4-15(5-3-1)14-24-12-10-23(11-13-24)9-8-18-16-6-7-17-19-21-22-25(17)20-16/h1-7H,8-14H2,(H,18,20). The molecule has 0 saturated carbocycles. The molecule has 0 radical (unpaired) electrons. The lowest BCUT2D eigenvalue weighted by atomic mass is 10.2. The topological polar surface area (TPSA) is 74.5 Å². The summed E-state index contributed by atoms with van der Waals surface area (Å²) in [5.41, 5.74) is 2.04. The predicted octanol–water partition coefficient (Wildman–Crippen LogP) is 0.749. The zero-order valence-corrected chi connectivity index (χ0v) is 14.1. The van der Waals surface area contributed by atoms with E-state index in [2.05, 4.69) is 66.1 Å². The lowest BCUT2D eigenvalue weighted by Gasteiger charge is -2.34. The molecule has 0 spiro atoms. The van der Waals surface area contributed by atoms with Gasteiger partial charge in [-0.05, 0) is 28.1 Å². The Kier molecular flexibility index (Phi) is 4.80. The summed E-state index contributed by atoms with van der Waals surface area (Å²) in [5, 5.41) is 18.9. The van der Waals surface area contributed by atoms with E-state index in [9.17, 15) is 0 Å². The third-order valence-corrected chi connectivity index (χ3v) is 4.52. The molecule has 0 aliphatic carbocycles. The Morgan fingerprint density at radius 3 is 2.56 bits per heavy atom. The van der Waals surface area contributed by atoms with E-state index in [1.54, 1.807) is 0 Å². The van der Waals surface area contributed by atoms with Crippen molar-refractivity contribution in [1.82, 2.24) is 35.1 Å². The Hall–Kier alpha value is -2.58. The number of hydrogen-bond donors (Lipinski definition) is 1. The molecule has 0 unspecified atom stereocenters. The molecule has 3 aromatic rings. The maximum Gasteiger partial charge on any atom is 0.200 e. The van der Waals surface area contributed by atoms with Crippen molar-refractivity contribution in [2.75, 3.05) is 44.6 Å². The summed E-state index contributed by atoms with van der Waals surface area (Å²) in [6.07, 6.45) is 0. The van der Waals surface area contributed by atoms with E-state index in [0.29, 0.717) is 5.65 Å². The van der Waals surface area contributed by atoms with E-state index in [1.807, 2.05) is 12.1 Å². The molecule has 0 amide bonds. The zero-order valence-electron chi connectivity index (χ0n) is 14.1. The van der Waals surface area contributed by atoms with Crippen molar-refractivity contribution in [2.24, 2.45) is 0 Å². The summed E-state index contributed by atoms with van der Waals surface area (Å²) in [4.78, 5) is 5.01. The van der Waals surface area contributed by atoms with Gasteiger partial charge in [0.2, 0.25) is 0 Å². The number of piperazine rings is 1. The number of nitrogens with zero attached hydrogens (tertiary/aromatic N) is 7. The fraction of sp³-hybridized carbons (Fsp3) is 0.412. The van der Waals surface area contributed by atoms with Gasteiger partial charge in [0.25, 0.3) is 0 Å². The van der Waals surface area contributed by atoms with Gasteiger partial charge >= 0.3 is 0 Å². The first-order chi connectivity index (χ1) is 12.4. The number of tetrazole rings is 1. The van der Waals surface area contributed by atoms with Crippen LogP contribution in [-0.2, 0) is 6.54 Å². The molecule has 8 heteroatoms. The summed E-state index contributed by atoms with van der Waals surface area (Å²) in [7, 11) is 0. The molecule has 1 aromatic carbocycles. The van der Waals surface area contributed by atoms with Crippen LogP contribution < -0.4 is 5.32 Å². The highest BCUT2D eigenvalue weighted by atomic mass is 15.6. The summed E-state index contributed by atoms with van der Waals surface area (Å²) in [6.45, 7) is 7.35. The number of anilines is 1. The van der Waals surface area contributed by atoms with Crippen molar-refractivity contribution in [3.63, 3.8) is 0 Å². The minimum absolute atomic E-state index is 0.653. The second kappa shape index (κ2) is 7.54. The fourth-order valence-corrected chi connectivity index (χ4v) is 3.10. The van der Waals surface area contributed by atoms with Crippen LogP contribution in [0, 0.1) is 0 Å². The lowest BCUT2D eigenvalue weighted by Crippen LogP contribution is -2.47. The Morgan fingerprint density at radius 2 is 1.72 bits per heavy atom. The molecular weight excluding hydrogens is 316 g/mol. The highest BCUT2D eigenvalue weighted by Gasteiger charge is 2.16. The van der Waals surface area contributed by atoms with E-state index < -0.39 is 0 Å². The van der Waals surface area contributed by atoms with Crippen LogP contribution in [0.15, 0.2) is 42.5 Å². The van der Waals surface area contributed by atoms with Gasteiger partial charge < -0.3 is 5.32 Å². The van der Waals surface area contributed by atoms with Crippen LogP contribution in [0.1, 0.15) is 5.56 Å². The van der Waals surface area contributed by atoms with Crippen LogP contribution in [0.2, 0.25) is 0 Å². The molecule has 25 heavy (non-hydrogen) atoms. The van der Waals surface area contributed by atoms with Gasteiger partial charge in [0.1, 0.15) is 5.82 Å². The van der Waals surface area contributed by atoms with Crippen molar-refractivity contribution in [1.29, 1.82) is 0 Å². The lowest BCUT2D eigenvalue weighted by molar-refractivity contribution is 0.130. The van der Waals surface area contributed by atoms with Crippen molar-refractivity contribution in [3.8, 4) is 0 Å². The Balaban J connectivity index is 1.20. The van der Waals surface area contributed by atoms with Crippen LogP contribution in [0.4, 0.5) is 5.82 Å². The van der Waals surface area contributed by atoms with E-state index in [-0.39, 0.29) is 0 Å². The average Bonchev–Trinajstić information content (AvgIpc) is 3.12. The molecule has 3 heterocycles. The normalized spacial score (nSPS) is 16.3. The molecule has 8 nitrogen and oxygen atoms in total. The number of rotatable bonds is 6. The van der Waals surface area contributed by atoms with Gasteiger partial charge in [-0.25, -0.2) is 0 Å². The van der Waals surface area contributed by atoms with Gasteiger partial charge in [-0.1, -0.05) is 30.3 Å². The van der Waals surface area contributed by atoms with Crippen molar-refractivity contribution in [2.45, 2.75) is 6.54 Å². The zero-order chi connectivity index (χ0) is 16.9. The number of fused-ring (bicyclic) bond motifs is 1. The number of benzene rings is 1.